The molecule has 6 nitrogen and oxygen atoms in total. The van der Waals surface area contributed by atoms with Crippen LogP contribution >= 0.6 is 0 Å². The van der Waals surface area contributed by atoms with Crippen molar-refractivity contribution in [2.75, 3.05) is 0 Å². The van der Waals surface area contributed by atoms with E-state index in [9.17, 15) is 19.5 Å². The third kappa shape index (κ3) is 6.85. The van der Waals surface area contributed by atoms with Crippen molar-refractivity contribution in [2.45, 2.75) is 0 Å². The van der Waals surface area contributed by atoms with Crippen LogP contribution in [0.1, 0.15) is 5.56 Å². The van der Waals surface area contributed by atoms with Crippen LogP contribution < -0.4 is 34.7 Å². The van der Waals surface area contributed by atoms with E-state index in [1.165, 1.54) is 6.08 Å². The van der Waals surface area contributed by atoms with Crippen molar-refractivity contribution in [1.82, 2.24) is 0 Å². The number of hydrogen-bond donors (Lipinski definition) is 0. The van der Waals surface area contributed by atoms with Crippen LogP contribution in [0.5, 0.6) is 0 Å². The maximum absolute atomic E-state index is 11.0. The maximum Gasteiger partial charge on any atom is 1.00 e. The van der Waals surface area contributed by atoms with Crippen molar-refractivity contribution in [3.63, 3.8) is 0 Å². The molecule has 0 aliphatic heterocycles. The molecule has 1 rings (SSSR count). The summed E-state index contributed by atoms with van der Waals surface area (Å²) in [5, 5.41) is 9.81. The van der Waals surface area contributed by atoms with Crippen LogP contribution in [0.2, 0.25) is 0 Å². The summed E-state index contributed by atoms with van der Waals surface area (Å²) in [6.45, 7) is 0. The van der Waals surface area contributed by atoms with Gasteiger partial charge in [0.2, 0.25) is 0 Å². The third-order valence-corrected chi connectivity index (χ3v) is 1.56. The van der Waals surface area contributed by atoms with Gasteiger partial charge in [-0.3, -0.25) is 0 Å². The van der Waals surface area contributed by atoms with Crippen LogP contribution in [0.25, 0.3) is 6.08 Å². The molecule has 0 N–H and O–H groups in total. The Morgan fingerprint density at radius 3 is 2.22 bits per heavy atom. The molecule has 0 radical (unpaired) electrons. The van der Waals surface area contributed by atoms with Gasteiger partial charge in [-0.2, -0.15) is 0 Å². The van der Waals surface area contributed by atoms with E-state index in [4.69, 9.17) is 0 Å². The van der Waals surface area contributed by atoms with Gasteiger partial charge in [-0.05, 0) is 11.6 Å². The van der Waals surface area contributed by atoms with E-state index in [1.807, 2.05) is 0 Å². The molecule has 88 valence electrons. The van der Waals surface area contributed by atoms with Crippen LogP contribution in [0, 0.1) is 0 Å². The molecule has 1 aromatic rings. The van der Waals surface area contributed by atoms with Gasteiger partial charge < -0.3 is 19.4 Å². The Morgan fingerprint density at radius 1 is 1.06 bits per heavy atom. The van der Waals surface area contributed by atoms with Crippen LogP contribution in [0.4, 0.5) is 9.59 Å². The number of rotatable bonds is 2. The molecule has 0 saturated heterocycles. The van der Waals surface area contributed by atoms with E-state index >= 15 is 0 Å². The fourth-order valence-corrected chi connectivity index (χ4v) is 0.933. The monoisotopic (exact) mass is 258 g/mol. The van der Waals surface area contributed by atoms with Crippen molar-refractivity contribution >= 4 is 24.4 Å². The molecule has 0 aromatic heterocycles. The minimum Gasteiger partial charge on any atom is -0.452 e. The molecule has 18 heavy (non-hydrogen) atoms. The van der Waals surface area contributed by atoms with Gasteiger partial charge in [-0.25, -0.2) is 9.59 Å². The van der Waals surface area contributed by atoms with E-state index in [0.717, 1.165) is 11.6 Å². The summed E-state index contributed by atoms with van der Waals surface area (Å²) in [5.41, 5.74) is 0.720. The summed E-state index contributed by atoms with van der Waals surface area (Å²) in [4.78, 5) is 31.3. The van der Waals surface area contributed by atoms with Crippen molar-refractivity contribution in [3.05, 3.63) is 42.0 Å². The van der Waals surface area contributed by atoms with Gasteiger partial charge in [0.1, 0.15) is 0 Å². The molecular weight excluding hydrogens is 251 g/mol. The molecule has 0 aliphatic carbocycles. The number of carboxylic acid groups (broad SMARTS) is 1. The Labute approximate surface area is 124 Å². The van der Waals surface area contributed by atoms with Gasteiger partial charge in [0.15, 0.2) is 0 Å². The second kappa shape index (κ2) is 8.46. The Hall–Kier alpha value is -1.63. The molecule has 0 bridgehead atoms. The molecular formula is C11H7NaO6. The topological polar surface area (TPSA) is 92.7 Å². The van der Waals surface area contributed by atoms with Gasteiger partial charge >= 0.3 is 41.7 Å². The van der Waals surface area contributed by atoms with E-state index in [-0.39, 0.29) is 29.6 Å². The van der Waals surface area contributed by atoms with Gasteiger partial charge in [0.25, 0.3) is 6.16 Å². The molecule has 0 unspecified atom stereocenters. The number of carbonyl (C=O) groups excluding carboxylic acids is 3. The Balaban J connectivity index is 0.00000289. The molecule has 0 aliphatic rings. The molecule has 0 heterocycles. The maximum atomic E-state index is 11.0. The fourth-order valence-electron chi connectivity index (χ4n) is 0.933. The third-order valence-electron chi connectivity index (χ3n) is 1.56. The Morgan fingerprint density at radius 2 is 1.67 bits per heavy atom. The van der Waals surface area contributed by atoms with E-state index < -0.39 is 18.3 Å². The second-order valence-electron chi connectivity index (χ2n) is 2.77. The molecule has 7 heteroatoms. The van der Waals surface area contributed by atoms with Crippen LogP contribution in [-0.2, 0) is 14.3 Å². The van der Waals surface area contributed by atoms with Crippen LogP contribution in [-0.4, -0.2) is 18.3 Å². The average molecular weight is 258 g/mol. The van der Waals surface area contributed by atoms with Crippen LogP contribution in [0.15, 0.2) is 36.4 Å². The number of hydrogen-bond acceptors (Lipinski definition) is 6. The molecule has 0 amide bonds. The minimum atomic E-state index is -2.09. The first-order valence-corrected chi connectivity index (χ1v) is 4.45. The smallest absolute Gasteiger partial charge is 0.452 e. The molecule has 0 fully saturated rings. The molecule has 0 atom stereocenters. The molecule has 1 aromatic carbocycles. The second-order valence-corrected chi connectivity index (χ2v) is 2.77. The Bertz CT molecular complexity index is 454. The summed E-state index contributed by atoms with van der Waals surface area (Å²) in [6, 6.07) is 8.77. The first kappa shape index (κ1) is 16.4. The quantitative estimate of drug-likeness (QED) is 0.257. The fraction of sp³-hybridized carbons (Fsp3) is 0. The standard InChI is InChI=1S/C11H8O6.Na/c12-9(16-11(15)17-10(13)14)7-6-8-4-2-1-3-5-8;/h1-7H,(H,13,14);/q;+1/p-1/b7-6+;. The van der Waals surface area contributed by atoms with E-state index in [2.05, 4.69) is 9.47 Å². The zero-order valence-corrected chi connectivity index (χ0v) is 11.5. The number of benzene rings is 1. The van der Waals surface area contributed by atoms with Gasteiger partial charge in [-0.1, -0.05) is 30.3 Å². The summed E-state index contributed by atoms with van der Waals surface area (Å²) >= 11 is 0. The average Bonchev–Trinajstić information content (AvgIpc) is 2.26. The summed E-state index contributed by atoms with van der Waals surface area (Å²) in [5.74, 6) is -1.04. The van der Waals surface area contributed by atoms with Crippen LogP contribution in [0.3, 0.4) is 0 Å². The predicted octanol–water partition coefficient (Wildman–Crippen LogP) is -2.27. The van der Waals surface area contributed by atoms with Gasteiger partial charge in [-0.15, -0.1) is 0 Å². The van der Waals surface area contributed by atoms with Crippen molar-refractivity contribution < 1.29 is 58.5 Å². The molecule has 0 spiro atoms. The van der Waals surface area contributed by atoms with E-state index in [1.54, 1.807) is 30.3 Å². The van der Waals surface area contributed by atoms with Crippen molar-refractivity contribution in [1.29, 1.82) is 0 Å². The Kier molecular flexibility index (Phi) is 7.69. The van der Waals surface area contributed by atoms with Crippen molar-refractivity contribution in [3.8, 4) is 0 Å². The largest absolute Gasteiger partial charge is 1.00 e. The zero-order valence-electron chi connectivity index (χ0n) is 9.49. The predicted molar refractivity (Wildman–Crippen MR) is 53.4 cm³/mol. The zero-order chi connectivity index (χ0) is 12.7. The van der Waals surface area contributed by atoms with E-state index in [0.29, 0.717) is 0 Å². The normalized spacial score (nSPS) is 9.33. The number of carbonyl (C=O) groups is 3. The first-order chi connectivity index (χ1) is 8.08. The summed E-state index contributed by atoms with van der Waals surface area (Å²) in [7, 11) is 0. The van der Waals surface area contributed by atoms with Crippen molar-refractivity contribution in [2.24, 2.45) is 0 Å². The summed E-state index contributed by atoms with van der Waals surface area (Å²) < 4.78 is 7.44. The number of ether oxygens (including phenoxy) is 2. The number of esters is 1. The van der Waals surface area contributed by atoms with Gasteiger partial charge in [0, 0.05) is 6.08 Å². The SMILES string of the molecule is O=C([O-])OC(=O)OC(=O)/C=C/c1ccccc1.[Na+]. The minimum absolute atomic E-state index is 0. The summed E-state index contributed by atoms with van der Waals surface area (Å²) in [6.07, 6.45) is -1.37. The first-order valence-electron chi connectivity index (χ1n) is 4.45. The van der Waals surface area contributed by atoms with Gasteiger partial charge in [0.05, 0.1) is 0 Å². The molecule has 0 saturated carbocycles.